The zero-order valence-corrected chi connectivity index (χ0v) is 13.5. The average molecular weight is 321 g/mol. The van der Waals surface area contributed by atoms with Crippen LogP contribution >= 0.6 is 0 Å². The molecule has 2 aromatic carbocycles. The van der Waals surface area contributed by atoms with Crippen LogP contribution in [0.5, 0.6) is 0 Å². The number of benzene rings is 2. The highest BCUT2D eigenvalue weighted by molar-refractivity contribution is 5.88. The molecule has 5 heteroatoms. The van der Waals surface area contributed by atoms with Gasteiger partial charge in [-0.2, -0.15) is 5.26 Å². The van der Waals surface area contributed by atoms with Crippen LogP contribution < -0.4 is 10.2 Å². The predicted octanol–water partition coefficient (Wildman–Crippen LogP) is 4.08. The Morgan fingerprint density at radius 2 is 2.04 bits per heavy atom. The Labute approximate surface area is 141 Å². The molecule has 1 unspecified atom stereocenters. The molecular weight excluding hydrogens is 302 g/mol. The van der Waals surface area contributed by atoms with Gasteiger partial charge in [0.2, 0.25) is 0 Å². The van der Waals surface area contributed by atoms with E-state index in [4.69, 9.17) is 10.00 Å². The molecule has 1 fully saturated rings. The van der Waals surface area contributed by atoms with Crippen molar-refractivity contribution >= 4 is 17.5 Å². The summed E-state index contributed by atoms with van der Waals surface area (Å²) in [6.07, 6.45) is 0.564. The zero-order chi connectivity index (χ0) is 16.9. The second kappa shape index (κ2) is 7.05. The SMILES string of the molecule is CC(Nc1cccc(C#N)c1)c1ccc(N2CCCOC2=O)cc1. The van der Waals surface area contributed by atoms with E-state index >= 15 is 0 Å². The molecule has 0 spiro atoms. The Morgan fingerprint density at radius 3 is 2.75 bits per heavy atom. The molecule has 1 atom stereocenters. The van der Waals surface area contributed by atoms with Gasteiger partial charge in [-0.05, 0) is 49.2 Å². The van der Waals surface area contributed by atoms with E-state index in [1.165, 1.54) is 0 Å². The van der Waals surface area contributed by atoms with Gasteiger partial charge in [-0.25, -0.2) is 4.79 Å². The molecule has 0 aromatic heterocycles. The molecule has 1 aliphatic heterocycles. The molecule has 3 rings (SSSR count). The standard InChI is InChI=1S/C19H19N3O2/c1-14(21-17-5-2-4-15(12-17)13-20)16-6-8-18(9-7-16)22-10-3-11-24-19(22)23/h2,4-9,12,14,21H,3,10-11H2,1H3. The summed E-state index contributed by atoms with van der Waals surface area (Å²) in [5, 5.41) is 12.4. The largest absolute Gasteiger partial charge is 0.449 e. The van der Waals surface area contributed by atoms with Crippen LogP contribution in [0.2, 0.25) is 0 Å². The molecule has 1 aliphatic rings. The first-order valence-electron chi connectivity index (χ1n) is 7.98. The van der Waals surface area contributed by atoms with E-state index in [9.17, 15) is 4.79 Å². The van der Waals surface area contributed by atoms with Gasteiger partial charge in [0.1, 0.15) is 0 Å². The fraction of sp³-hybridized carbons (Fsp3) is 0.263. The zero-order valence-electron chi connectivity index (χ0n) is 13.5. The lowest BCUT2D eigenvalue weighted by Gasteiger charge is -2.26. The van der Waals surface area contributed by atoms with Crippen molar-refractivity contribution in [3.8, 4) is 6.07 Å². The maximum atomic E-state index is 11.8. The van der Waals surface area contributed by atoms with Crippen molar-refractivity contribution in [3.05, 3.63) is 59.7 Å². The Hall–Kier alpha value is -3.00. The van der Waals surface area contributed by atoms with Crippen molar-refractivity contribution in [2.75, 3.05) is 23.4 Å². The van der Waals surface area contributed by atoms with Gasteiger partial charge >= 0.3 is 6.09 Å². The molecule has 0 aliphatic carbocycles. The van der Waals surface area contributed by atoms with E-state index in [2.05, 4.69) is 18.3 Å². The van der Waals surface area contributed by atoms with Gasteiger partial charge < -0.3 is 10.1 Å². The van der Waals surface area contributed by atoms with E-state index in [1.54, 1.807) is 11.0 Å². The summed E-state index contributed by atoms with van der Waals surface area (Å²) in [6, 6.07) is 17.5. The van der Waals surface area contributed by atoms with Gasteiger partial charge in [0.05, 0.1) is 18.2 Å². The van der Waals surface area contributed by atoms with Crippen LogP contribution in [0, 0.1) is 11.3 Å². The fourth-order valence-electron chi connectivity index (χ4n) is 2.74. The summed E-state index contributed by atoms with van der Waals surface area (Å²) in [5.41, 5.74) is 3.49. The number of nitrogens with one attached hydrogen (secondary N) is 1. The highest BCUT2D eigenvalue weighted by atomic mass is 16.6. The van der Waals surface area contributed by atoms with Crippen molar-refractivity contribution in [1.29, 1.82) is 5.26 Å². The summed E-state index contributed by atoms with van der Waals surface area (Å²) in [4.78, 5) is 13.4. The van der Waals surface area contributed by atoms with E-state index in [0.29, 0.717) is 18.7 Å². The second-order valence-corrected chi connectivity index (χ2v) is 5.77. The van der Waals surface area contributed by atoms with Crippen LogP contribution in [0.25, 0.3) is 0 Å². The van der Waals surface area contributed by atoms with Crippen molar-refractivity contribution < 1.29 is 9.53 Å². The minimum atomic E-state index is -0.284. The van der Waals surface area contributed by atoms with Crippen molar-refractivity contribution in [2.45, 2.75) is 19.4 Å². The molecule has 5 nitrogen and oxygen atoms in total. The fourth-order valence-corrected chi connectivity index (χ4v) is 2.74. The maximum absolute atomic E-state index is 11.8. The Kier molecular flexibility index (Phi) is 4.66. The third-order valence-corrected chi connectivity index (χ3v) is 4.05. The van der Waals surface area contributed by atoms with E-state index in [0.717, 1.165) is 23.4 Å². The molecule has 0 bridgehead atoms. The Balaban J connectivity index is 1.70. The van der Waals surface area contributed by atoms with Gasteiger partial charge in [0, 0.05) is 24.0 Å². The van der Waals surface area contributed by atoms with Crippen molar-refractivity contribution in [3.63, 3.8) is 0 Å². The number of ether oxygens (including phenoxy) is 1. The quantitative estimate of drug-likeness (QED) is 0.921. The maximum Gasteiger partial charge on any atom is 0.414 e. The average Bonchev–Trinajstić information content (AvgIpc) is 2.62. The summed E-state index contributed by atoms with van der Waals surface area (Å²) in [5.74, 6) is 0. The van der Waals surface area contributed by atoms with Gasteiger partial charge in [0.25, 0.3) is 0 Å². The Bertz CT molecular complexity index is 765. The third kappa shape index (κ3) is 3.49. The number of nitrogens with zero attached hydrogens (tertiary/aromatic N) is 2. The molecule has 0 saturated carbocycles. The molecular formula is C19H19N3O2. The van der Waals surface area contributed by atoms with E-state index in [-0.39, 0.29) is 12.1 Å². The number of anilines is 2. The number of rotatable bonds is 4. The van der Waals surface area contributed by atoms with Crippen molar-refractivity contribution in [2.24, 2.45) is 0 Å². The minimum Gasteiger partial charge on any atom is -0.449 e. The number of cyclic esters (lactones) is 1. The number of nitriles is 1. The molecule has 2 aromatic rings. The van der Waals surface area contributed by atoms with Gasteiger partial charge in [-0.15, -0.1) is 0 Å². The summed E-state index contributed by atoms with van der Waals surface area (Å²) in [7, 11) is 0. The molecule has 122 valence electrons. The van der Waals surface area contributed by atoms with Crippen LogP contribution in [0.4, 0.5) is 16.2 Å². The van der Waals surface area contributed by atoms with Crippen LogP contribution in [-0.2, 0) is 4.74 Å². The number of amides is 1. The van der Waals surface area contributed by atoms with Crippen LogP contribution in [0.1, 0.15) is 30.5 Å². The normalized spacial score (nSPS) is 15.3. The first-order chi connectivity index (χ1) is 11.7. The number of hydrogen-bond donors (Lipinski definition) is 1. The number of hydrogen-bond acceptors (Lipinski definition) is 4. The van der Waals surface area contributed by atoms with Crippen LogP contribution in [-0.4, -0.2) is 19.2 Å². The highest BCUT2D eigenvalue weighted by Crippen LogP contribution is 2.24. The lowest BCUT2D eigenvalue weighted by molar-refractivity contribution is 0.140. The van der Waals surface area contributed by atoms with Crippen molar-refractivity contribution in [1.82, 2.24) is 0 Å². The molecule has 1 saturated heterocycles. The summed E-state index contributed by atoms with van der Waals surface area (Å²) >= 11 is 0. The predicted molar refractivity (Wildman–Crippen MR) is 92.9 cm³/mol. The number of carbonyl (C=O) groups excluding carboxylic acids is 1. The monoisotopic (exact) mass is 321 g/mol. The second-order valence-electron chi connectivity index (χ2n) is 5.77. The van der Waals surface area contributed by atoms with Gasteiger partial charge in [-0.3, -0.25) is 4.90 Å². The van der Waals surface area contributed by atoms with E-state index in [1.807, 2.05) is 42.5 Å². The number of carbonyl (C=O) groups is 1. The molecule has 1 amide bonds. The Morgan fingerprint density at radius 1 is 1.25 bits per heavy atom. The lowest BCUT2D eigenvalue weighted by atomic mass is 10.1. The minimum absolute atomic E-state index is 0.0845. The summed E-state index contributed by atoms with van der Waals surface area (Å²) < 4.78 is 5.07. The molecule has 1 N–H and O–H groups in total. The first-order valence-corrected chi connectivity index (χ1v) is 7.98. The topological polar surface area (TPSA) is 65.4 Å². The first kappa shape index (κ1) is 15.9. The van der Waals surface area contributed by atoms with E-state index < -0.39 is 0 Å². The third-order valence-electron chi connectivity index (χ3n) is 4.05. The van der Waals surface area contributed by atoms with Crippen LogP contribution in [0.3, 0.4) is 0 Å². The van der Waals surface area contributed by atoms with Crippen LogP contribution in [0.15, 0.2) is 48.5 Å². The highest BCUT2D eigenvalue weighted by Gasteiger charge is 2.21. The molecule has 0 radical (unpaired) electrons. The lowest BCUT2D eigenvalue weighted by Crippen LogP contribution is -2.37. The summed E-state index contributed by atoms with van der Waals surface area (Å²) in [6.45, 7) is 3.24. The molecule has 1 heterocycles. The smallest absolute Gasteiger partial charge is 0.414 e. The van der Waals surface area contributed by atoms with Gasteiger partial charge in [-0.1, -0.05) is 18.2 Å². The molecule has 24 heavy (non-hydrogen) atoms. The van der Waals surface area contributed by atoms with Gasteiger partial charge in [0.15, 0.2) is 0 Å².